The highest BCUT2D eigenvalue weighted by atomic mass is 16.3. The zero-order chi connectivity index (χ0) is 14.7. The van der Waals surface area contributed by atoms with Crippen LogP contribution in [-0.4, -0.2) is 20.0 Å². The summed E-state index contributed by atoms with van der Waals surface area (Å²) in [5.74, 6) is 0.761. The molecule has 106 valence electrons. The molecule has 1 amide bonds. The Morgan fingerprint density at radius 3 is 2.75 bits per heavy atom. The highest BCUT2D eigenvalue weighted by Crippen LogP contribution is 2.25. The number of rotatable bonds is 4. The fourth-order valence-electron chi connectivity index (χ4n) is 2.08. The summed E-state index contributed by atoms with van der Waals surface area (Å²) in [7, 11) is 3.54. The van der Waals surface area contributed by atoms with Gasteiger partial charge in [0, 0.05) is 31.8 Å². The summed E-state index contributed by atoms with van der Waals surface area (Å²) >= 11 is 0. The van der Waals surface area contributed by atoms with Crippen molar-refractivity contribution >= 4 is 17.3 Å². The molecule has 3 N–H and O–H groups in total. The summed E-state index contributed by atoms with van der Waals surface area (Å²) in [6, 6.07) is 7.20. The minimum Gasteiger partial charge on any atom is -0.469 e. The lowest BCUT2D eigenvalue weighted by molar-refractivity contribution is 0.0963. The molecule has 0 spiro atoms. The third-order valence-corrected chi connectivity index (χ3v) is 3.30. The van der Waals surface area contributed by atoms with Gasteiger partial charge in [0.1, 0.15) is 5.76 Å². The molecule has 1 aromatic carbocycles. The van der Waals surface area contributed by atoms with Gasteiger partial charge in [0.2, 0.25) is 0 Å². The van der Waals surface area contributed by atoms with E-state index in [2.05, 4.69) is 5.32 Å². The molecule has 0 saturated carbocycles. The van der Waals surface area contributed by atoms with Crippen molar-refractivity contribution in [2.24, 2.45) is 0 Å². The van der Waals surface area contributed by atoms with Gasteiger partial charge in [-0.15, -0.1) is 0 Å². The number of carbonyl (C=O) groups excluding carboxylic acids is 1. The highest BCUT2D eigenvalue weighted by molar-refractivity contribution is 5.96. The topological polar surface area (TPSA) is 71.5 Å². The van der Waals surface area contributed by atoms with Crippen molar-refractivity contribution < 1.29 is 9.21 Å². The average molecular weight is 273 g/mol. The van der Waals surface area contributed by atoms with Crippen LogP contribution in [0.2, 0.25) is 0 Å². The first-order valence-corrected chi connectivity index (χ1v) is 6.38. The molecule has 0 unspecified atom stereocenters. The molecule has 2 aromatic rings. The van der Waals surface area contributed by atoms with Crippen LogP contribution in [0.3, 0.4) is 0 Å². The van der Waals surface area contributed by atoms with Crippen molar-refractivity contribution in [2.75, 3.05) is 24.7 Å². The maximum atomic E-state index is 11.7. The lowest BCUT2D eigenvalue weighted by Gasteiger charge is -2.21. The summed E-state index contributed by atoms with van der Waals surface area (Å²) < 4.78 is 5.29. The van der Waals surface area contributed by atoms with Gasteiger partial charge in [-0.2, -0.15) is 0 Å². The first-order chi connectivity index (χ1) is 9.52. The number of nitrogen functional groups attached to an aromatic ring is 1. The van der Waals surface area contributed by atoms with Gasteiger partial charge in [0.15, 0.2) is 0 Å². The normalized spacial score (nSPS) is 10.3. The number of hydrogen-bond acceptors (Lipinski definition) is 4. The van der Waals surface area contributed by atoms with Gasteiger partial charge in [-0.05, 0) is 31.2 Å². The van der Waals surface area contributed by atoms with Gasteiger partial charge in [-0.25, -0.2) is 0 Å². The smallest absolute Gasteiger partial charge is 0.251 e. The van der Waals surface area contributed by atoms with Crippen LogP contribution in [0.5, 0.6) is 0 Å². The minimum absolute atomic E-state index is 0.126. The van der Waals surface area contributed by atoms with E-state index in [1.54, 1.807) is 31.5 Å². The maximum Gasteiger partial charge on any atom is 0.251 e. The Morgan fingerprint density at radius 2 is 2.15 bits per heavy atom. The highest BCUT2D eigenvalue weighted by Gasteiger charge is 2.12. The molecule has 0 bridgehead atoms. The van der Waals surface area contributed by atoms with Crippen LogP contribution in [0.15, 0.2) is 34.9 Å². The second-order valence-electron chi connectivity index (χ2n) is 4.71. The van der Waals surface area contributed by atoms with Crippen molar-refractivity contribution in [3.8, 4) is 0 Å². The summed E-state index contributed by atoms with van der Waals surface area (Å²) in [6.07, 6.45) is 1.67. The van der Waals surface area contributed by atoms with Gasteiger partial charge in [0.05, 0.1) is 17.6 Å². The number of nitrogens with one attached hydrogen (secondary N) is 1. The zero-order valence-electron chi connectivity index (χ0n) is 11.9. The number of aryl methyl sites for hydroxylation is 1. The molecular weight excluding hydrogens is 254 g/mol. The predicted octanol–water partition coefficient (Wildman–Crippen LogP) is 2.17. The lowest BCUT2D eigenvalue weighted by atomic mass is 10.1. The van der Waals surface area contributed by atoms with Crippen molar-refractivity contribution in [2.45, 2.75) is 13.5 Å². The van der Waals surface area contributed by atoms with Crippen LogP contribution in [0.4, 0.5) is 11.4 Å². The molecular formula is C15H19N3O2. The summed E-state index contributed by atoms with van der Waals surface area (Å²) in [6.45, 7) is 2.59. The molecule has 0 aliphatic heterocycles. The average Bonchev–Trinajstić information content (AvgIpc) is 2.83. The molecule has 2 rings (SSSR count). The number of nitrogens with two attached hydrogens (primary N) is 1. The molecule has 1 heterocycles. The number of amides is 1. The molecule has 0 fully saturated rings. The van der Waals surface area contributed by atoms with E-state index < -0.39 is 0 Å². The Balaban J connectivity index is 2.27. The van der Waals surface area contributed by atoms with Gasteiger partial charge in [-0.1, -0.05) is 0 Å². The van der Waals surface area contributed by atoms with Crippen LogP contribution < -0.4 is 16.0 Å². The Morgan fingerprint density at radius 1 is 1.40 bits per heavy atom. The number of hydrogen-bond donors (Lipinski definition) is 2. The minimum atomic E-state index is -0.126. The second kappa shape index (κ2) is 5.69. The number of anilines is 2. The fraction of sp³-hybridized carbons (Fsp3) is 0.267. The second-order valence-corrected chi connectivity index (χ2v) is 4.71. The zero-order valence-corrected chi connectivity index (χ0v) is 11.9. The third-order valence-electron chi connectivity index (χ3n) is 3.30. The van der Waals surface area contributed by atoms with Gasteiger partial charge in [0.25, 0.3) is 5.91 Å². The van der Waals surface area contributed by atoms with E-state index >= 15 is 0 Å². The first kappa shape index (κ1) is 14.0. The molecule has 5 heteroatoms. The van der Waals surface area contributed by atoms with Crippen LogP contribution in [-0.2, 0) is 6.54 Å². The standard InChI is InChI=1S/C15H19N3O2/c1-10-12(6-7-20-10)9-18(3)14-8-11(15(19)17-2)4-5-13(14)16/h4-8H,9,16H2,1-3H3,(H,17,19). The Kier molecular flexibility index (Phi) is 3.98. The van der Waals surface area contributed by atoms with E-state index in [9.17, 15) is 4.79 Å². The molecule has 0 saturated heterocycles. The van der Waals surface area contributed by atoms with E-state index in [4.69, 9.17) is 10.2 Å². The Hall–Kier alpha value is -2.43. The number of benzene rings is 1. The maximum absolute atomic E-state index is 11.7. The molecule has 20 heavy (non-hydrogen) atoms. The van der Waals surface area contributed by atoms with E-state index in [1.165, 1.54) is 0 Å². The fourth-order valence-corrected chi connectivity index (χ4v) is 2.08. The van der Waals surface area contributed by atoms with Crippen molar-refractivity contribution in [3.05, 3.63) is 47.4 Å². The van der Waals surface area contributed by atoms with Crippen LogP contribution in [0.1, 0.15) is 21.7 Å². The van der Waals surface area contributed by atoms with Gasteiger partial charge >= 0.3 is 0 Å². The molecule has 0 radical (unpaired) electrons. The Bertz CT molecular complexity index is 619. The van der Waals surface area contributed by atoms with E-state index in [-0.39, 0.29) is 5.91 Å². The first-order valence-electron chi connectivity index (χ1n) is 6.38. The summed E-state index contributed by atoms with van der Waals surface area (Å²) in [4.78, 5) is 13.7. The van der Waals surface area contributed by atoms with E-state index in [0.29, 0.717) is 17.8 Å². The molecule has 0 aliphatic carbocycles. The van der Waals surface area contributed by atoms with E-state index in [0.717, 1.165) is 17.0 Å². The SMILES string of the molecule is CNC(=O)c1ccc(N)c(N(C)Cc2ccoc2C)c1. The van der Waals surface area contributed by atoms with Crippen LogP contribution in [0.25, 0.3) is 0 Å². The number of carbonyl (C=O) groups is 1. The van der Waals surface area contributed by atoms with Crippen LogP contribution >= 0.6 is 0 Å². The quantitative estimate of drug-likeness (QED) is 0.837. The van der Waals surface area contributed by atoms with Gasteiger partial charge in [-0.3, -0.25) is 4.79 Å². The van der Waals surface area contributed by atoms with Crippen molar-refractivity contribution in [1.82, 2.24) is 5.32 Å². The predicted molar refractivity (Wildman–Crippen MR) is 79.8 cm³/mol. The van der Waals surface area contributed by atoms with Crippen LogP contribution in [0, 0.1) is 6.92 Å². The lowest BCUT2D eigenvalue weighted by Crippen LogP contribution is -2.21. The molecule has 5 nitrogen and oxygen atoms in total. The van der Waals surface area contributed by atoms with Crippen molar-refractivity contribution in [3.63, 3.8) is 0 Å². The third kappa shape index (κ3) is 2.77. The largest absolute Gasteiger partial charge is 0.469 e. The molecule has 0 atom stereocenters. The Labute approximate surface area is 118 Å². The van der Waals surface area contributed by atoms with E-state index in [1.807, 2.05) is 24.9 Å². The van der Waals surface area contributed by atoms with Gasteiger partial charge < -0.3 is 20.4 Å². The number of nitrogens with zero attached hydrogens (tertiary/aromatic N) is 1. The summed E-state index contributed by atoms with van der Waals surface area (Å²) in [5, 5.41) is 2.61. The van der Waals surface area contributed by atoms with Crippen molar-refractivity contribution in [1.29, 1.82) is 0 Å². The number of furan rings is 1. The monoisotopic (exact) mass is 273 g/mol. The molecule has 1 aromatic heterocycles. The summed E-state index contributed by atoms with van der Waals surface area (Å²) in [5.41, 5.74) is 9.15. The molecule has 0 aliphatic rings.